The van der Waals surface area contributed by atoms with E-state index in [1.807, 2.05) is 0 Å². The van der Waals surface area contributed by atoms with Gasteiger partial charge in [0.2, 0.25) is 0 Å². The third-order valence-corrected chi connectivity index (χ3v) is 4.70. The minimum atomic E-state index is -0.656. The summed E-state index contributed by atoms with van der Waals surface area (Å²) in [5.41, 5.74) is -0.135. The fraction of sp³-hybridized carbons (Fsp3) is 0.556. The van der Waals surface area contributed by atoms with Crippen LogP contribution >= 0.6 is 11.6 Å². The van der Waals surface area contributed by atoms with Crippen LogP contribution in [-0.2, 0) is 9.47 Å². The molecule has 28 heavy (non-hydrogen) atoms. The minimum Gasteiger partial charge on any atom is -0.443 e. The molecule has 3 rings (SSSR count). The number of rotatable bonds is 4. The Morgan fingerprint density at radius 1 is 1.36 bits per heavy atom. The van der Waals surface area contributed by atoms with Gasteiger partial charge in [0.15, 0.2) is 5.65 Å². The molecule has 2 heterocycles. The van der Waals surface area contributed by atoms with Gasteiger partial charge in [0.1, 0.15) is 22.1 Å². The second kappa shape index (κ2) is 7.56. The molecule has 0 spiro atoms. The van der Waals surface area contributed by atoms with Crippen LogP contribution in [0.15, 0.2) is 12.3 Å². The van der Waals surface area contributed by atoms with Crippen molar-refractivity contribution < 1.29 is 19.1 Å². The maximum absolute atomic E-state index is 12.7. The van der Waals surface area contributed by atoms with Crippen molar-refractivity contribution in [2.45, 2.75) is 51.4 Å². The number of fused-ring (bicyclic) bond motifs is 1. The van der Waals surface area contributed by atoms with Crippen molar-refractivity contribution in [2.75, 3.05) is 19.1 Å². The van der Waals surface area contributed by atoms with Crippen molar-refractivity contribution in [1.29, 1.82) is 0 Å². The molecule has 2 amide bonds. The molecule has 0 aliphatic heterocycles. The van der Waals surface area contributed by atoms with E-state index in [-0.39, 0.29) is 34.4 Å². The number of hydrogen-bond acceptors (Lipinski definition) is 6. The third-order valence-electron chi connectivity index (χ3n) is 4.51. The van der Waals surface area contributed by atoms with Crippen molar-refractivity contribution in [3.05, 3.63) is 23.0 Å². The van der Waals surface area contributed by atoms with Crippen LogP contribution in [-0.4, -0.2) is 58.5 Å². The van der Waals surface area contributed by atoms with Gasteiger partial charge in [0.05, 0.1) is 18.3 Å². The quantitative estimate of drug-likeness (QED) is 0.779. The van der Waals surface area contributed by atoms with Crippen LogP contribution in [0, 0.1) is 0 Å². The van der Waals surface area contributed by atoms with Gasteiger partial charge in [0.25, 0.3) is 5.91 Å². The molecule has 2 atom stereocenters. The van der Waals surface area contributed by atoms with Gasteiger partial charge in [-0.1, -0.05) is 11.6 Å². The molecule has 1 saturated carbocycles. The van der Waals surface area contributed by atoms with Crippen molar-refractivity contribution in [3.63, 3.8) is 0 Å². The highest BCUT2D eigenvalue weighted by Crippen LogP contribution is 2.25. The topological polar surface area (TPSA) is 98.1 Å². The standard InChI is InChI=1S/C18H24ClN5O4/c1-18(2,3)28-17(26)23(4)14-8-13(19)22-15-10(9-20-24(14)15)16(25)21-11-6-7-12(11)27-5/h8-9,11-12H,6-7H2,1-5H3,(H,21,25). The van der Waals surface area contributed by atoms with Gasteiger partial charge in [-0.15, -0.1) is 0 Å². The van der Waals surface area contributed by atoms with Crippen molar-refractivity contribution >= 4 is 35.1 Å². The first-order valence-electron chi connectivity index (χ1n) is 8.95. The Kier molecular flexibility index (Phi) is 5.49. The zero-order valence-electron chi connectivity index (χ0n) is 16.5. The van der Waals surface area contributed by atoms with E-state index >= 15 is 0 Å². The summed E-state index contributed by atoms with van der Waals surface area (Å²) in [7, 11) is 3.16. The van der Waals surface area contributed by atoms with Gasteiger partial charge < -0.3 is 14.8 Å². The van der Waals surface area contributed by atoms with Crippen LogP contribution in [0.1, 0.15) is 44.0 Å². The monoisotopic (exact) mass is 409 g/mol. The molecule has 0 radical (unpaired) electrons. The number of aromatic nitrogens is 3. The molecule has 1 aliphatic carbocycles. The smallest absolute Gasteiger partial charge is 0.415 e. The Hall–Kier alpha value is -2.39. The maximum atomic E-state index is 12.7. The van der Waals surface area contributed by atoms with Crippen molar-refractivity contribution in [1.82, 2.24) is 19.9 Å². The van der Waals surface area contributed by atoms with Gasteiger partial charge in [0, 0.05) is 20.2 Å². The molecule has 1 fully saturated rings. The molecule has 2 aromatic heterocycles. The van der Waals surface area contributed by atoms with Gasteiger partial charge in [-0.2, -0.15) is 9.61 Å². The Balaban J connectivity index is 1.90. The number of nitrogens with one attached hydrogen (secondary N) is 1. The number of amides is 2. The van der Waals surface area contributed by atoms with E-state index in [0.29, 0.717) is 5.82 Å². The van der Waals surface area contributed by atoms with E-state index in [1.165, 1.54) is 28.7 Å². The highest BCUT2D eigenvalue weighted by atomic mass is 35.5. The zero-order valence-corrected chi connectivity index (χ0v) is 17.3. The number of carbonyl (C=O) groups is 2. The van der Waals surface area contributed by atoms with Crippen molar-refractivity contribution in [3.8, 4) is 0 Å². The molecule has 0 bridgehead atoms. The lowest BCUT2D eigenvalue weighted by Crippen LogP contribution is -2.51. The molecule has 0 saturated heterocycles. The largest absolute Gasteiger partial charge is 0.443 e. The first kappa shape index (κ1) is 20.3. The summed E-state index contributed by atoms with van der Waals surface area (Å²) < 4.78 is 12.1. The highest BCUT2D eigenvalue weighted by molar-refractivity contribution is 6.30. The fourth-order valence-electron chi connectivity index (χ4n) is 2.90. The second-order valence-corrected chi connectivity index (χ2v) is 8.09. The average Bonchev–Trinajstić information content (AvgIpc) is 2.99. The number of nitrogens with zero attached hydrogens (tertiary/aromatic N) is 4. The SMILES string of the molecule is COC1CCC1NC(=O)c1cnn2c(N(C)C(=O)OC(C)(C)C)cc(Cl)nc12. The second-order valence-electron chi connectivity index (χ2n) is 7.70. The Morgan fingerprint density at radius 2 is 2.07 bits per heavy atom. The van der Waals surface area contributed by atoms with Crippen LogP contribution in [0.3, 0.4) is 0 Å². The molecule has 1 aliphatic rings. The maximum Gasteiger partial charge on any atom is 0.415 e. The molecule has 1 N–H and O–H groups in total. The van der Waals surface area contributed by atoms with E-state index in [4.69, 9.17) is 21.1 Å². The fourth-order valence-corrected chi connectivity index (χ4v) is 3.08. The summed E-state index contributed by atoms with van der Waals surface area (Å²) in [4.78, 5) is 30.6. The van der Waals surface area contributed by atoms with E-state index < -0.39 is 11.7 Å². The Morgan fingerprint density at radius 3 is 2.64 bits per heavy atom. The number of halogens is 1. The first-order valence-corrected chi connectivity index (χ1v) is 9.33. The Labute approximate surface area is 167 Å². The Bertz CT molecular complexity index is 905. The first-order chi connectivity index (χ1) is 13.1. The molecule has 0 aromatic carbocycles. The van der Waals surface area contributed by atoms with E-state index in [2.05, 4.69) is 15.4 Å². The van der Waals surface area contributed by atoms with Crippen LogP contribution < -0.4 is 10.2 Å². The summed E-state index contributed by atoms with van der Waals surface area (Å²) in [5.74, 6) is 0.0177. The summed E-state index contributed by atoms with van der Waals surface area (Å²) in [6.45, 7) is 5.33. The lowest BCUT2D eigenvalue weighted by Gasteiger charge is -2.35. The van der Waals surface area contributed by atoms with Gasteiger partial charge in [-0.05, 0) is 33.6 Å². The normalized spacial score (nSPS) is 19.2. The molecule has 10 heteroatoms. The zero-order chi connectivity index (χ0) is 20.6. The van der Waals surface area contributed by atoms with E-state index in [1.54, 1.807) is 27.9 Å². The highest BCUT2D eigenvalue weighted by Gasteiger charge is 2.33. The van der Waals surface area contributed by atoms with Crippen LogP contribution in [0.4, 0.5) is 10.6 Å². The van der Waals surface area contributed by atoms with Crippen LogP contribution in [0.5, 0.6) is 0 Å². The summed E-state index contributed by atoms with van der Waals surface area (Å²) in [6, 6.07) is 1.44. The number of ether oxygens (including phenoxy) is 2. The van der Waals surface area contributed by atoms with Crippen LogP contribution in [0.25, 0.3) is 5.65 Å². The average molecular weight is 410 g/mol. The van der Waals surface area contributed by atoms with E-state index in [0.717, 1.165) is 12.8 Å². The number of hydrogen-bond donors (Lipinski definition) is 1. The van der Waals surface area contributed by atoms with E-state index in [9.17, 15) is 9.59 Å². The lowest BCUT2D eigenvalue weighted by molar-refractivity contribution is 0.00732. The molecule has 152 valence electrons. The molecule has 2 unspecified atom stereocenters. The number of anilines is 1. The predicted molar refractivity (Wildman–Crippen MR) is 104 cm³/mol. The molecule has 2 aromatic rings. The third kappa shape index (κ3) is 4.05. The van der Waals surface area contributed by atoms with Gasteiger partial charge in [-0.3, -0.25) is 9.69 Å². The number of carbonyl (C=O) groups excluding carboxylic acids is 2. The predicted octanol–water partition coefficient (Wildman–Crippen LogP) is 2.66. The number of methoxy groups -OCH3 is 1. The van der Waals surface area contributed by atoms with Gasteiger partial charge >= 0.3 is 6.09 Å². The molecular formula is C18H24ClN5O4. The van der Waals surface area contributed by atoms with Gasteiger partial charge in [-0.25, -0.2) is 9.78 Å². The lowest BCUT2D eigenvalue weighted by atomic mass is 9.89. The summed E-state index contributed by atoms with van der Waals surface area (Å²) in [5, 5.41) is 7.28. The van der Waals surface area contributed by atoms with Crippen molar-refractivity contribution in [2.24, 2.45) is 0 Å². The van der Waals surface area contributed by atoms with Crippen LogP contribution in [0.2, 0.25) is 5.15 Å². The minimum absolute atomic E-state index is 0.0104. The summed E-state index contributed by atoms with van der Waals surface area (Å²) in [6.07, 6.45) is 2.60. The molecule has 9 nitrogen and oxygen atoms in total. The summed E-state index contributed by atoms with van der Waals surface area (Å²) >= 11 is 6.15. The molecular weight excluding hydrogens is 386 g/mol.